The Kier molecular flexibility index (Phi) is 4.80. The van der Waals surface area contributed by atoms with Crippen molar-refractivity contribution in [1.29, 1.82) is 0 Å². The second kappa shape index (κ2) is 6.37. The number of hydrogen-bond donors (Lipinski definition) is 1. The van der Waals surface area contributed by atoms with Crippen molar-refractivity contribution in [3.63, 3.8) is 0 Å². The summed E-state index contributed by atoms with van der Waals surface area (Å²) in [6, 6.07) is 5.79. The predicted octanol–water partition coefficient (Wildman–Crippen LogP) is 3.49. The highest BCUT2D eigenvalue weighted by Crippen LogP contribution is 2.27. The van der Waals surface area contributed by atoms with E-state index in [0.717, 1.165) is 22.7 Å². The molecule has 0 aliphatic carbocycles. The smallest absolute Gasteiger partial charge is 0.140 e. The molecule has 1 heterocycles. The lowest BCUT2D eigenvalue weighted by molar-refractivity contribution is 0.305. The Morgan fingerprint density at radius 3 is 2.74 bits per heavy atom. The van der Waals surface area contributed by atoms with Gasteiger partial charge in [-0.3, -0.25) is 0 Å². The Morgan fingerprint density at radius 2 is 2.16 bits per heavy atom. The highest BCUT2D eigenvalue weighted by molar-refractivity contribution is 7.11. The zero-order valence-corrected chi connectivity index (χ0v) is 12.6. The first-order chi connectivity index (χ1) is 9.10. The molecule has 1 aromatic heterocycles. The molecule has 3 nitrogen and oxygen atoms in total. The molecule has 2 N–H and O–H groups in total. The van der Waals surface area contributed by atoms with E-state index in [-0.39, 0.29) is 0 Å². The van der Waals surface area contributed by atoms with Gasteiger partial charge in [0.1, 0.15) is 17.4 Å². The van der Waals surface area contributed by atoms with Gasteiger partial charge < -0.3 is 10.5 Å². The van der Waals surface area contributed by atoms with E-state index >= 15 is 0 Å². The molecule has 0 bridgehead atoms. The molecule has 0 saturated heterocycles. The average Bonchev–Trinajstić information content (AvgIpc) is 2.68. The van der Waals surface area contributed by atoms with Crippen LogP contribution in [0.5, 0.6) is 5.75 Å². The van der Waals surface area contributed by atoms with E-state index in [4.69, 9.17) is 22.1 Å². The fourth-order valence-electron chi connectivity index (χ4n) is 1.72. The quantitative estimate of drug-likeness (QED) is 0.919. The largest absolute Gasteiger partial charge is 0.485 e. The topological polar surface area (TPSA) is 48.1 Å². The number of halogens is 1. The Balaban J connectivity index is 2.03. The number of ether oxygens (including phenoxy) is 1. The molecule has 0 aliphatic heterocycles. The van der Waals surface area contributed by atoms with Crippen LogP contribution in [-0.4, -0.2) is 11.5 Å². The maximum absolute atomic E-state index is 6.19. The van der Waals surface area contributed by atoms with Crippen molar-refractivity contribution in [3.8, 4) is 5.75 Å². The summed E-state index contributed by atoms with van der Waals surface area (Å²) in [5.74, 6) is 0.688. The summed E-state index contributed by atoms with van der Waals surface area (Å²) < 4.78 is 5.71. The standard InChI is InChI=1S/C14H17ClN2OS/c1-9-10(2)19-14(17-9)8-18-13-4-3-11(5-6-16)7-12(13)15/h3-4,7H,5-6,8,16H2,1-2H3. The molecule has 102 valence electrons. The minimum absolute atomic E-state index is 0.454. The highest BCUT2D eigenvalue weighted by atomic mass is 35.5. The molecule has 0 fully saturated rings. The van der Waals surface area contributed by atoms with Gasteiger partial charge in [-0.25, -0.2) is 4.98 Å². The minimum atomic E-state index is 0.454. The third-order valence-electron chi connectivity index (χ3n) is 2.85. The number of thiazole rings is 1. The molecule has 0 saturated carbocycles. The van der Waals surface area contributed by atoms with Crippen LogP contribution in [0.4, 0.5) is 0 Å². The lowest BCUT2D eigenvalue weighted by Crippen LogP contribution is -2.03. The molecule has 2 rings (SSSR count). The van der Waals surface area contributed by atoms with Gasteiger partial charge in [-0.2, -0.15) is 0 Å². The fraction of sp³-hybridized carbons (Fsp3) is 0.357. The van der Waals surface area contributed by atoms with E-state index in [2.05, 4.69) is 11.9 Å². The van der Waals surface area contributed by atoms with E-state index in [1.807, 2.05) is 25.1 Å². The SMILES string of the molecule is Cc1nc(COc2ccc(CCN)cc2Cl)sc1C. The molecule has 0 unspecified atom stereocenters. The minimum Gasteiger partial charge on any atom is -0.485 e. The molecule has 0 aliphatic rings. The van der Waals surface area contributed by atoms with E-state index in [1.54, 1.807) is 11.3 Å². The molecule has 1 aromatic carbocycles. The fourth-order valence-corrected chi connectivity index (χ4v) is 2.83. The van der Waals surface area contributed by atoms with Crippen LogP contribution < -0.4 is 10.5 Å². The summed E-state index contributed by atoms with van der Waals surface area (Å²) in [6.07, 6.45) is 0.824. The molecule has 0 atom stereocenters. The number of hydrogen-bond acceptors (Lipinski definition) is 4. The van der Waals surface area contributed by atoms with Crippen molar-refractivity contribution in [2.75, 3.05) is 6.54 Å². The van der Waals surface area contributed by atoms with E-state index in [0.29, 0.717) is 23.9 Å². The van der Waals surface area contributed by atoms with Crippen molar-refractivity contribution in [2.45, 2.75) is 26.9 Å². The summed E-state index contributed by atoms with van der Waals surface area (Å²) in [7, 11) is 0. The van der Waals surface area contributed by atoms with E-state index in [1.165, 1.54) is 4.88 Å². The number of nitrogens with zero attached hydrogens (tertiary/aromatic N) is 1. The van der Waals surface area contributed by atoms with Crippen LogP contribution in [0.25, 0.3) is 0 Å². The highest BCUT2D eigenvalue weighted by Gasteiger charge is 2.07. The van der Waals surface area contributed by atoms with Gasteiger partial charge in [-0.05, 0) is 44.5 Å². The summed E-state index contributed by atoms with van der Waals surface area (Å²) >= 11 is 7.84. The summed E-state index contributed by atoms with van der Waals surface area (Å²) in [5.41, 5.74) is 7.71. The monoisotopic (exact) mass is 296 g/mol. The summed E-state index contributed by atoms with van der Waals surface area (Å²) in [5, 5.41) is 1.59. The molecular weight excluding hydrogens is 280 g/mol. The van der Waals surface area contributed by atoms with Crippen LogP contribution in [0.2, 0.25) is 5.02 Å². The average molecular weight is 297 g/mol. The first-order valence-electron chi connectivity index (χ1n) is 6.14. The molecule has 2 aromatic rings. The Hall–Kier alpha value is -1.10. The lowest BCUT2D eigenvalue weighted by atomic mass is 10.1. The van der Waals surface area contributed by atoms with Gasteiger partial charge in [-0.15, -0.1) is 11.3 Å². The third-order valence-corrected chi connectivity index (χ3v) is 4.20. The second-order valence-electron chi connectivity index (χ2n) is 4.34. The van der Waals surface area contributed by atoms with Crippen molar-refractivity contribution >= 4 is 22.9 Å². The van der Waals surface area contributed by atoms with Crippen molar-refractivity contribution < 1.29 is 4.74 Å². The van der Waals surface area contributed by atoms with Gasteiger partial charge in [-0.1, -0.05) is 17.7 Å². The molecule has 0 radical (unpaired) electrons. The van der Waals surface area contributed by atoms with Crippen LogP contribution in [0.3, 0.4) is 0 Å². The van der Waals surface area contributed by atoms with Crippen molar-refractivity contribution in [1.82, 2.24) is 4.98 Å². The number of aromatic nitrogens is 1. The van der Waals surface area contributed by atoms with Gasteiger partial charge in [0.25, 0.3) is 0 Å². The van der Waals surface area contributed by atoms with E-state index in [9.17, 15) is 0 Å². The Labute approximate surface area is 122 Å². The predicted molar refractivity (Wildman–Crippen MR) is 80.1 cm³/mol. The Bertz CT molecular complexity index is 549. The number of benzene rings is 1. The molecule has 19 heavy (non-hydrogen) atoms. The summed E-state index contributed by atoms with van der Waals surface area (Å²) in [4.78, 5) is 5.66. The van der Waals surface area contributed by atoms with Crippen LogP contribution in [-0.2, 0) is 13.0 Å². The number of nitrogens with two attached hydrogens (primary N) is 1. The zero-order valence-electron chi connectivity index (χ0n) is 11.1. The molecular formula is C14H17ClN2OS. The molecule has 0 spiro atoms. The van der Waals surface area contributed by atoms with Crippen LogP contribution in [0.15, 0.2) is 18.2 Å². The molecule has 5 heteroatoms. The maximum Gasteiger partial charge on any atom is 0.140 e. The van der Waals surface area contributed by atoms with Crippen LogP contribution in [0.1, 0.15) is 21.1 Å². The Morgan fingerprint density at radius 1 is 1.37 bits per heavy atom. The first kappa shape index (κ1) is 14.3. The summed E-state index contributed by atoms with van der Waals surface area (Å²) in [6.45, 7) is 5.14. The van der Waals surface area contributed by atoms with Gasteiger partial charge >= 0.3 is 0 Å². The first-order valence-corrected chi connectivity index (χ1v) is 7.34. The van der Waals surface area contributed by atoms with Gasteiger partial charge in [0.15, 0.2) is 0 Å². The van der Waals surface area contributed by atoms with Crippen molar-refractivity contribution in [3.05, 3.63) is 44.4 Å². The molecule has 0 amide bonds. The normalized spacial score (nSPS) is 10.7. The van der Waals surface area contributed by atoms with Gasteiger partial charge in [0, 0.05) is 4.88 Å². The van der Waals surface area contributed by atoms with E-state index < -0.39 is 0 Å². The number of aryl methyl sites for hydroxylation is 2. The third kappa shape index (κ3) is 3.69. The van der Waals surface area contributed by atoms with Crippen molar-refractivity contribution in [2.24, 2.45) is 5.73 Å². The van der Waals surface area contributed by atoms with Gasteiger partial charge in [0.05, 0.1) is 10.7 Å². The van der Waals surface area contributed by atoms with Crippen LogP contribution in [0, 0.1) is 13.8 Å². The van der Waals surface area contributed by atoms with Gasteiger partial charge in [0.2, 0.25) is 0 Å². The zero-order chi connectivity index (χ0) is 13.8. The maximum atomic E-state index is 6.19. The van der Waals surface area contributed by atoms with Crippen LogP contribution >= 0.6 is 22.9 Å². The second-order valence-corrected chi connectivity index (χ2v) is 6.04. The lowest BCUT2D eigenvalue weighted by Gasteiger charge is -2.08. The number of rotatable bonds is 5.